The number of alkyl halides is 1. The lowest BCUT2D eigenvalue weighted by Crippen LogP contribution is -2.21. The zero-order chi connectivity index (χ0) is 11.3. The van der Waals surface area contributed by atoms with Gasteiger partial charge in [-0.05, 0) is 18.2 Å². The molecule has 0 spiro atoms. The topological polar surface area (TPSA) is 56.0 Å². The average Bonchev–Trinajstić information content (AvgIpc) is 2.26. The predicted molar refractivity (Wildman–Crippen MR) is 64.1 cm³/mol. The second-order valence-electron chi connectivity index (χ2n) is 2.99. The Kier molecular flexibility index (Phi) is 4.89. The third kappa shape index (κ3) is 3.71. The summed E-state index contributed by atoms with van der Waals surface area (Å²) in [4.78, 5) is 0. The number of halogens is 2. The van der Waals surface area contributed by atoms with E-state index in [1.54, 1.807) is 18.2 Å². The molecule has 0 aliphatic rings. The normalized spacial score (nSPS) is 11.9. The minimum Gasteiger partial charge on any atom is -0.390 e. The second-order valence-corrected chi connectivity index (χ2v) is 4.22. The number of benzene rings is 1. The maximum atomic E-state index is 9.26. The standard InChI is InChI=1S/C10H10BrClN2O/c11-8-2-1-7(5-13)10(3-8)14-6-9(15)4-12/h1-3,9,14-15H,4,6H2. The lowest BCUT2D eigenvalue weighted by Gasteiger charge is -2.11. The summed E-state index contributed by atoms with van der Waals surface area (Å²) < 4.78 is 0.879. The summed E-state index contributed by atoms with van der Waals surface area (Å²) in [6.45, 7) is 0.328. The first-order valence-corrected chi connectivity index (χ1v) is 5.67. The van der Waals surface area contributed by atoms with Crippen molar-refractivity contribution in [1.82, 2.24) is 0 Å². The molecule has 0 fully saturated rings. The third-order valence-corrected chi connectivity index (χ3v) is 2.66. The van der Waals surface area contributed by atoms with E-state index in [-0.39, 0.29) is 5.88 Å². The Hall–Kier alpha value is -0.760. The minimum absolute atomic E-state index is 0.170. The van der Waals surface area contributed by atoms with Crippen LogP contribution in [0, 0.1) is 11.3 Å². The third-order valence-electron chi connectivity index (χ3n) is 1.81. The highest BCUT2D eigenvalue weighted by atomic mass is 79.9. The minimum atomic E-state index is -0.614. The molecule has 0 heterocycles. The second kappa shape index (κ2) is 5.96. The summed E-state index contributed by atoms with van der Waals surface area (Å²) in [5.41, 5.74) is 1.23. The van der Waals surface area contributed by atoms with Crippen molar-refractivity contribution in [3.05, 3.63) is 28.2 Å². The summed E-state index contributed by atoms with van der Waals surface area (Å²) in [5, 5.41) is 21.1. The number of nitriles is 1. The van der Waals surface area contributed by atoms with Crippen molar-refractivity contribution < 1.29 is 5.11 Å². The molecule has 0 bridgehead atoms. The molecule has 0 radical (unpaired) electrons. The molecule has 1 aromatic carbocycles. The Morgan fingerprint density at radius 3 is 2.93 bits per heavy atom. The Morgan fingerprint density at radius 1 is 1.60 bits per heavy atom. The van der Waals surface area contributed by atoms with E-state index in [0.29, 0.717) is 17.8 Å². The van der Waals surface area contributed by atoms with Gasteiger partial charge in [-0.15, -0.1) is 11.6 Å². The number of aliphatic hydroxyl groups is 1. The number of hydrogen-bond donors (Lipinski definition) is 2. The first kappa shape index (κ1) is 12.3. The molecular formula is C10H10BrClN2O. The van der Waals surface area contributed by atoms with E-state index in [1.165, 1.54) is 0 Å². The van der Waals surface area contributed by atoms with E-state index >= 15 is 0 Å². The molecule has 1 unspecified atom stereocenters. The number of rotatable bonds is 4. The summed E-state index contributed by atoms with van der Waals surface area (Å²) >= 11 is 8.77. The van der Waals surface area contributed by atoms with Crippen LogP contribution in [-0.2, 0) is 0 Å². The molecule has 0 aromatic heterocycles. The smallest absolute Gasteiger partial charge is 0.101 e. The molecule has 80 valence electrons. The number of anilines is 1. The van der Waals surface area contributed by atoms with Gasteiger partial charge >= 0.3 is 0 Å². The van der Waals surface area contributed by atoms with Crippen LogP contribution in [0.4, 0.5) is 5.69 Å². The molecule has 0 aliphatic heterocycles. The lowest BCUT2D eigenvalue weighted by molar-refractivity contribution is 0.211. The van der Waals surface area contributed by atoms with Crippen LogP contribution >= 0.6 is 27.5 Å². The lowest BCUT2D eigenvalue weighted by atomic mass is 10.2. The van der Waals surface area contributed by atoms with Crippen LogP contribution in [0.5, 0.6) is 0 Å². The Labute approximate surface area is 102 Å². The van der Waals surface area contributed by atoms with Gasteiger partial charge in [0.1, 0.15) is 6.07 Å². The molecule has 0 saturated heterocycles. The predicted octanol–water partition coefficient (Wildman–Crippen LogP) is 2.33. The Bertz CT molecular complexity index is 378. The Balaban J connectivity index is 2.75. The van der Waals surface area contributed by atoms with Gasteiger partial charge in [-0.1, -0.05) is 15.9 Å². The number of aliphatic hydroxyl groups excluding tert-OH is 1. The van der Waals surface area contributed by atoms with Crippen LogP contribution in [0.25, 0.3) is 0 Å². The van der Waals surface area contributed by atoms with Crippen molar-refractivity contribution in [1.29, 1.82) is 5.26 Å². The number of nitrogens with zero attached hydrogens (tertiary/aromatic N) is 1. The van der Waals surface area contributed by atoms with E-state index in [2.05, 4.69) is 27.3 Å². The van der Waals surface area contributed by atoms with Crippen LogP contribution in [0.15, 0.2) is 22.7 Å². The Morgan fingerprint density at radius 2 is 2.33 bits per heavy atom. The highest BCUT2D eigenvalue weighted by molar-refractivity contribution is 9.10. The maximum Gasteiger partial charge on any atom is 0.101 e. The van der Waals surface area contributed by atoms with E-state index < -0.39 is 6.10 Å². The van der Waals surface area contributed by atoms with Gasteiger partial charge in [0.25, 0.3) is 0 Å². The van der Waals surface area contributed by atoms with Crippen molar-refractivity contribution >= 4 is 33.2 Å². The zero-order valence-electron chi connectivity index (χ0n) is 7.87. The number of hydrogen-bond acceptors (Lipinski definition) is 3. The van der Waals surface area contributed by atoms with E-state index in [9.17, 15) is 5.11 Å². The molecule has 1 rings (SSSR count). The summed E-state index contributed by atoms with van der Waals surface area (Å²) in [6, 6.07) is 7.36. The molecular weight excluding hydrogens is 279 g/mol. The highest BCUT2D eigenvalue weighted by Crippen LogP contribution is 2.20. The van der Waals surface area contributed by atoms with E-state index in [0.717, 1.165) is 4.47 Å². The zero-order valence-corrected chi connectivity index (χ0v) is 10.2. The molecule has 15 heavy (non-hydrogen) atoms. The van der Waals surface area contributed by atoms with Crippen LogP contribution in [0.2, 0.25) is 0 Å². The molecule has 1 aromatic rings. The molecule has 5 heteroatoms. The largest absolute Gasteiger partial charge is 0.390 e. The van der Waals surface area contributed by atoms with Crippen molar-refractivity contribution in [3.8, 4) is 6.07 Å². The van der Waals surface area contributed by atoms with E-state index in [4.69, 9.17) is 16.9 Å². The maximum absolute atomic E-state index is 9.26. The average molecular weight is 290 g/mol. The van der Waals surface area contributed by atoms with Crippen molar-refractivity contribution in [3.63, 3.8) is 0 Å². The van der Waals surface area contributed by atoms with Crippen LogP contribution in [-0.4, -0.2) is 23.6 Å². The molecule has 1 atom stereocenters. The van der Waals surface area contributed by atoms with Gasteiger partial charge in [0, 0.05) is 11.0 Å². The SMILES string of the molecule is N#Cc1ccc(Br)cc1NCC(O)CCl. The fourth-order valence-electron chi connectivity index (χ4n) is 1.04. The van der Waals surface area contributed by atoms with Gasteiger partial charge in [-0.2, -0.15) is 5.26 Å². The monoisotopic (exact) mass is 288 g/mol. The molecule has 0 saturated carbocycles. The fourth-order valence-corrected chi connectivity index (χ4v) is 1.51. The van der Waals surface area contributed by atoms with Gasteiger partial charge < -0.3 is 10.4 Å². The molecule has 3 nitrogen and oxygen atoms in total. The van der Waals surface area contributed by atoms with Crippen LogP contribution < -0.4 is 5.32 Å². The van der Waals surface area contributed by atoms with Crippen LogP contribution in [0.3, 0.4) is 0 Å². The van der Waals surface area contributed by atoms with Gasteiger partial charge in [-0.25, -0.2) is 0 Å². The van der Waals surface area contributed by atoms with Gasteiger partial charge in [-0.3, -0.25) is 0 Å². The van der Waals surface area contributed by atoms with Gasteiger partial charge in [0.2, 0.25) is 0 Å². The van der Waals surface area contributed by atoms with Crippen molar-refractivity contribution in [2.45, 2.75) is 6.10 Å². The van der Waals surface area contributed by atoms with E-state index in [1.807, 2.05) is 0 Å². The molecule has 2 N–H and O–H groups in total. The van der Waals surface area contributed by atoms with Gasteiger partial charge in [0.15, 0.2) is 0 Å². The van der Waals surface area contributed by atoms with Crippen molar-refractivity contribution in [2.24, 2.45) is 0 Å². The summed E-state index contributed by atoms with van der Waals surface area (Å²) in [5.74, 6) is 0.170. The van der Waals surface area contributed by atoms with Crippen LogP contribution in [0.1, 0.15) is 5.56 Å². The first-order chi connectivity index (χ1) is 7.17. The number of nitrogens with one attached hydrogen (secondary N) is 1. The summed E-state index contributed by atoms with van der Waals surface area (Å²) in [6.07, 6.45) is -0.614. The first-order valence-electron chi connectivity index (χ1n) is 4.35. The van der Waals surface area contributed by atoms with Crippen molar-refractivity contribution in [2.75, 3.05) is 17.7 Å². The molecule has 0 aliphatic carbocycles. The fraction of sp³-hybridized carbons (Fsp3) is 0.300. The summed E-state index contributed by atoms with van der Waals surface area (Å²) in [7, 11) is 0. The van der Waals surface area contributed by atoms with Gasteiger partial charge in [0.05, 0.1) is 23.2 Å². The highest BCUT2D eigenvalue weighted by Gasteiger charge is 2.05. The quantitative estimate of drug-likeness (QED) is 0.837. The molecule has 0 amide bonds.